The van der Waals surface area contributed by atoms with Gasteiger partial charge in [0.2, 0.25) is 0 Å². The number of aryl methyl sites for hydroxylation is 1. The van der Waals surface area contributed by atoms with Crippen molar-refractivity contribution in [1.29, 1.82) is 0 Å². The van der Waals surface area contributed by atoms with Crippen LogP contribution in [0.5, 0.6) is 17.2 Å². The summed E-state index contributed by atoms with van der Waals surface area (Å²) in [6.07, 6.45) is 0. The van der Waals surface area contributed by atoms with Crippen LogP contribution in [0, 0.1) is 6.92 Å². The number of carbonyl (C=O) groups excluding carboxylic acids is 1. The van der Waals surface area contributed by atoms with Gasteiger partial charge in [-0.2, -0.15) is 0 Å². The molecule has 3 rings (SSSR count). The van der Waals surface area contributed by atoms with Crippen LogP contribution < -0.4 is 19.5 Å². The van der Waals surface area contributed by atoms with Crippen LogP contribution in [0.15, 0.2) is 36.4 Å². The number of thioether (sulfide) groups is 1. The number of anilines is 1. The zero-order valence-electron chi connectivity index (χ0n) is 15.9. The van der Waals surface area contributed by atoms with Crippen molar-refractivity contribution in [2.24, 2.45) is 0 Å². The molecule has 7 heteroatoms. The topological polar surface area (TPSA) is 60.0 Å². The molecule has 0 radical (unpaired) electrons. The second-order valence-electron chi connectivity index (χ2n) is 6.11. The van der Waals surface area contributed by atoms with E-state index in [0.29, 0.717) is 23.8 Å². The van der Waals surface area contributed by atoms with Gasteiger partial charge in [-0.25, -0.2) is 4.79 Å². The Kier molecular flexibility index (Phi) is 6.01. The minimum absolute atomic E-state index is 0.129. The Balaban J connectivity index is 1.90. The molecule has 0 saturated carbocycles. The smallest absolute Gasteiger partial charge is 0.323 e. The summed E-state index contributed by atoms with van der Waals surface area (Å²) in [6, 6.07) is 11.3. The monoisotopic (exact) mass is 388 g/mol. The molecule has 1 saturated heterocycles. The largest absolute Gasteiger partial charge is 0.496 e. The number of carbonyl (C=O) groups is 1. The molecule has 144 valence electrons. The van der Waals surface area contributed by atoms with Gasteiger partial charge in [-0.05, 0) is 24.6 Å². The highest BCUT2D eigenvalue weighted by molar-refractivity contribution is 7.99. The first-order chi connectivity index (χ1) is 13.1. The van der Waals surface area contributed by atoms with Gasteiger partial charge in [0.25, 0.3) is 0 Å². The first-order valence-electron chi connectivity index (χ1n) is 8.63. The lowest BCUT2D eigenvalue weighted by molar-refractivity contribution is 0.213. The van der Waals surface area contributed by atoms with Gasteiger partial charge in [0.1, 0.15) is 11.1 Å². The molecule has 1 aliphatic heterocycles. The Morgan fingerprint density at radius 3 is 2.41 bits per heavy atom. The Hall–Kier alpha value is -2.54. The maximum absolute atomic E-state index is 12.9. The van der Waals surface area contributed by atoms with Crippen LogP contribution in [0.1, 0.15) is 16.5 Å². The Morgan fingerprint density at radius 2 is 1.74 bits per heavy atom. The maximum atomic E-state index is 12.9. The third-order valence-corrected chi connectivity index (χ3v) is 5.78. The zero-order valence-corrected chi connectivity index (χ0v) is 16.8. The van der Waals surface area contributed by atoms with E-state index >= 15 is 0 Å². The van der Waals surface area contributed by atoms with E-state index in [1.807, 2.05) is 42.2 Å². The molecule has 1 N–H and O–H groups in total. The summed E-state index contributed by atoms with van der Waals surface area (Å²) in [6.45, 7) is 2.63. The molecular formula is C20H24N2O4S. The number of hydrogen-bond donors (Lipinski definition) is 1. The molecule has 1 aliphatic rings. The van der Waals surface area contributed by atoms with Crippen LogP contribution in [-0.2, 0) is 0 Å². The fraction of sp³-hybridized carbons (Fsp3) is 0.350. The Bertz CT molecular complexity index is 828. The van der Waals surface area contributed by atoms with E-state index in [2.05, 4.69) is 5.32 Å². The van der Waals surface area contributed by atoms with E-state index in [-0.39, 0.29) is 11.4 Å². The van der Waals surface area contributed by atoms with Crippen LogP contribution in [0.2, 0.25) is 0 Å². The van der Waals surface area contributed by atoms with Crippen molar-refractivity contribution < 1.29 is 19.0 Å². The van der Waals surface area contributed by atoms with E-state index in [9.17, 15) is 4.79 Å². The number of rotatable bonds is 5. The summed E-state index contributed by atoms with van der Waals surface area (Å²) in [5.41, 5.74) is 2.73. The number of ether oxygens (including phenoxy) is 3. The van der Waals surface area contributed by atoms with Crippen molar-refractivity contribution >= 4 is 23.5 Å². The number of hydrogen-bond acceptors (Lipinski definition) is 5. The van der Waals surface area contributed by atoms with Crippen LogP contribution in [0.4, 0.5) is 10.5 Å². The van der Waals surface area contributed by atoms with Crippen molar-refractivity contribution in [2.45, 2.75) is 12.3 Å². The van der Waals surface area contributed by atoms with Crippen LogP contribution in [0.25, 0.3) is 0 Å². The average Bonchev–Trinajstić information content (AvgIpc) is 3.18. The molecule has 2 aromatic carbocycles. The molecule has 0 spiro atoms. The third kappa shape index (κ3) is 3.93. The number of amides is 2. The zero-order chi connectivity index (χ0) is 19.4. The van der Waals surface area contributed by atoms with E-state index < -0.39 is 0 Å². The van der Waals surface area contributed by atoms with Gasteiger partial charge in [-0.15, -0.1) is 11.8 Å². The van der Waals surface area contributed by atoms with E-state index in [1.54, 1.807) is 39.2 Å². The molecule has 27 heavy (non-hydrogen) atoms. The molecule has 2 aromatic rings. The fourth-order valence-corrected chi connectivity index (χ4v) is 4.35. The van der Waals surface area contributed by atoms with Crippen molar-refractivity contribution in [3.63, 3.8) is 0 Å². The molecule has 0 aliphatic carbocycles. The van der Waals surface area contributed by atoms with Crippen LogP contribution >= 0.6 is 11.8 Å². The highest BCUT2D eigenvalue weighted by Gasteiger charge is 2.33. The molecule has 2 amide bonds. The molecule has 0 bridgehead atoms. The predicted octanol–water partition coefficient (Wildman–Crippen LogP) is 4.30. The maximum Gasteiger partial charge on any atom is 0.323 e. The second-order valence-corrected chi connectivity index (χ2v) is 7.30. The third-order valence-electron chi connectivity index (χ3n) is 4.54. The van der Waals surface area contributed by atoms with E-state index in [4.69, 9.17) is 14.2 Å². The molecule has 0 aromatic heterocycles. The van der Waals surface area contributed by atoms with Gasteiger partial charge in [0.05, 0.1) is 21.3 Å². The lowest BCUT2D eigenvalue weighted by atomic mass is 10.1. The number of nitrogens with zero attached hydrogens (tertiary/aromatic N) is 1. The van der Waals surface area contributed by atoms with E-state index in [1.165, 1.54) is 0 Å². The molecule has 1 heterocycles. The van der Waals surface area contributed by atoms with Gasteiger partial charge >= 0.3 is 6.03 Å². The molecule has 1 unspecified atom stereocenters. The first-order valence-corrected chi connectivity index (χ1v) is 9.68. The Morgan fingerprint density at radius 1 is 1.07 bits per heavy atom. The summed E-state index contributed by atoms with van der Waals surface area (Å²) < 4.78 is 16.4. The molecule has 1 atom stereocenters. The number of nitrogens with one attached hydrogen (secondary N) is 1. The lowest BCUT2D eigenvalue weighted by Gasteiger charge is -2.26. The fourth-order valence-electron chi connectivity index (χ4n) is 3.08. The van der Waals surface area contributed by atoms with Gasteiger partial charge < -0.3 is 24.4 Å². The summed E-state index contributed by atoms with van der Waals surface area (Å²) >= 11 is 1.70. The van der Waals surface area contributed by atoms with Crippen LogP contribution in [-0.4, -0.2) is 44.6 Å². The van der Waals surface area contributed by atoms with Crippen LogP contribution in [0.3, 0.4) is 0 Å². The van der Waals surface area contributed by atoms with Crippen molar-refractivity contribution in [2.75, 3.05) is 38.9 Å². The van der Waals surface area contributed by atoms with Gasteiger partial charge in [0, 0.05) is 29.6 Å². The predicted molar refractivity (Wildman–Crippen MR) is 108 cm³/mol. The molecule has 1 fully saturated rings. The van der Waals surface area contributed by atoms with Crippen molar-refractivity contribution in [3.8, 4) is 17.2 Å². The summed E-state index contributed by atoms with van der Waals surface area (Å²) in [5.74, 6) is 2.72. The minimum atomic E-state index is -0.163. The van der Waals surface area contributed by atoms with Crippen molar-refractivity contribution in [3.05, 3.63) is 47.5 Å². The summed E-state index contributed by atoms with van der Waals surface area (Å²) in [7, 11) is 4.80. The van der Waals surface area contributed by atoms with Gasteiger partial charge in [0.15, 0.2) is 11.5 Å². The number of urea groups is 1. The average molecular weight is 388 g/mol. The van der Waals surface area contributed by atoms with E-state index in [0.717, 1.165) is 22.6 Å². The number of para-hydroxylation sites is 1. The standard InChI is InChI=1S/C20H24N2O4S/c1-13-7-5-6-8-15(13)21-20(23)22-9-10-27-19(22)14-11-17(25-3)18(26-4)12-16(14)24-2/h5-8,11-12,19H,9-10H2,1-4H3,(H,21,23). The lowest BCUT2D eigenvalue weighted by Crippen LogP contribution is -2.34. The number of methoxy groups -OCH3 is 3. The SMILES string of the molecule is COc1cc(OC)c(C2SCCN2C(=O)Nc2ccccc2C)cc1OC. The summed E-state index contributed by atoms with van der Waals surface area (Å²) in [5, 5.41) is 2.85. The second kappa shape index (κ2) is 8.43. The van der Waals surface area contributed by atoms with Gasteiger partial charge in [-0.3, -0.25) is 0 Å². The van der Waals surface area contributed by atoms with Crippen molar-refractivity contribution in [1.82, 2.24) is 4.90 Å². The minimum Gasteiger partial charge on any atom is -0.496 e. The number of benzene rings is 2. The summed E-state index contributed by atoms with van der Waals surface area (Å²) in [4.78, 5) is 14.8. The highest BCUT2D eigenvalue weighted by atomic mass is 32.2. The Labute approximate surface area is 163 Å². The molecular weight excluding hydrogens is 364 g/mol. The normalized spacial score (nSPS) is 16.1. The highest BCUT2D eigenvalue weighted by Crippen LogP contribution is 2.46. The van der Waals surface area contributed by atoms with Gasteiger partial charge in [-0.1, -0.05) is 18.2 Å². The molecule has 6 nitrogen and oxygen atoms in total. The first kappa shape index (κ1) is 19.2. The quantitative estimate of drug-likeness (QED) is 0.827.